The molecule has 0 saturated heterocycles. The summed E-state index contributed by atoms with van der Waals surface area (Å²) in [5.41, 5.74) is 0. The van der Waals surface area contributed by atoms with E-state index in [1.54, 1.807) is 0 Å². The quantitative estimate of drug-likeness (QED) is 0.286. The Kier molecular flexibility index (Phi) is 28.4. The first-order valence-corrected chi connectivity index (χ1v) is 2.24. The van der Waals surface area contributed by atoms with Gasteiger partial charge in [0.1, 0.15) is 0 Å². The van der Waals surface area contributed by atoms with Gasteiger partial charge in [0.2, 0.25) is 0 Å². The number of hydrogen-bond donors (Lipinski definition) is 1. The van der Waals surface area contributed by atoms with Crippen molar-refractivity contribution in [2.75, 3.05) is 0 Å². The molecular weight excluding hydrogens is 164 g/mol. The fraction of sp³-hybridized carbons (Fsp3) is 0. The van der Waals surface area contributed by atoms with Crippen LogP contribution in [0.25, 0.3) is 0 Å². The van der Waals surface area contributed by atoms with Crippen molar-refractivity contribution in [3.63, 3.8) is 0 Å². The second kappa shape index (κ2) is 10.1. The summed E-state index contributed by atoms with van der Waals surface area (Å²) < 4.78 is 8.66. The minimum atomic E-state index is -5.14. The first kappa shape index (κ1) is 22.5. The Balaban J connectivity index is -0.0000000267. The van der Waals surface area contributed by atoms with E-state index in [4.69, 9.17) is 19.2 Å². The van der Waals surface area contributed by atoms with E-state index in [-0.39, 0.29) is 88.7 Å². The molecule has 0 aliphatic rings. The zero-order valence-electron chi connectivity index (χ0n) is 4.12. The van der Waals surface area contributed by atoms with Crippen molar-refractivity contribution in [2.45, 2.75) is 0 Å². The van der Waals surface area contributed by atoms with E-state index >= 15 is 0 Å². The summed E-state index contributed by atoms with van der Waals surface area (Å²) in [5.74, 6) is 0. The molecule has 0 aromatic carbocycles. The molecule has 0 aliphatic heterocycles. The van der Waals surface area contributed by atoms with Crippen molar-refractivity contribution in [3.05, 3.63) is 0 Å². The molecule has 0 heterocycles. The molecule has 0 atom stereocenters. The SMILES string of the molecule is O=P([O-])([O-])O.[Na+].[Na+].[NaH]. The van der Waals surface area contributed by atoms with Crippen LogP contribution >= 0.6 is 7.82 Å². The molecule has 0 aromatic heterocycles. The predicted molar refractivity (Wildman–Crippen MR) is 17.0 cm³/mol. The van der Waals surface area contributed by atoms with Crippen LogP contribution < -0.4 is 68.9 Å². The van der Waals surface area contributed by atoms with Gasteiger partial charge in [0.05, 0.1) is 7.82 Å². The van der Waals surface area contributed by atoms with Crippen LogP contribution in [0, 0.1) is 0 Å². The molecule has 0 amide bonds. The molecule has 1 N–H and O–H groups in total. The van der Waals surface area contributed by atoms with Crippen molar-refractivity contribution >= 4 is 37.4 Å². The maximum atomic E-state index is 8.66. The van der Waals surface area contributed by atoms with Crippen LogP contribution in [0.15, 0.2) is 0 Å². The molecular formula is H2Na3O4P. The van der Waals surface area contributed by atoms with Gasteiger partial charge in [0.25, 0.3) is 0 Å². The van der Waals surface area contributed by atoms with Gasteiger partial charge in [-0.3, -0.25) is 0 Å². The van der Waals surface area contributed by atoms with Crippen molar-refractivity contribution in [1.29, 1.82) is 0 Å². The number of phosphoric acid groups is 1. The Bertz CT molecular complexity index is 57.4. The summed E-state index contributed by atoms with van der Waals surface area (Å²) in [6, 6.07) is 0. The fourth-order valence-corrected chi connectivity index (χ4v) is 0. The summed E-state index contributed by atoms with van der Waals surface area (Å²) >= 11 is 0. The molecule has 0 fully saturated rings. The first-order chi connectivity index (χ1) is 2.00. The summed E-state index contributed by atoms with van der Waals surface area (Å²) in [5, 5.41) is 0. The second-order valence-electron chi connectivity index (χ2n) is 0.469. The normalized spacial score (nSPS) is 7.38. The van der Waals surface area contributed by atoms with E-state index in [2.05, 4.69) is 0 Å². The molecule has 0 saturated carbocycles. The van der Waals surface area contributed by atoms with Gasteiger partial charge in [-0.1, -0.05) is 0 Å². The van der Waals surface area contributed by atoms with Crippen LogP contribution in [-0.2, 0) is 4.57 Å². The van der Waals surface area contributed by atoms with Crippen molar-refractivity contribution < 1.29 is 78.4 Å². The summed E-state index contributed by atoms with van der Waals surface area (Å²) in [6.07, 6.45) is 0. The Labute approximate surface area is 114 Å². The zero-order valence-corrected chi connectivity index (χ0v) is 9.01. The van der Waals surface area contributed by atoms with Gasteiger partial charge < -0.3 is 19.2 Å². The van der Waals surface area contributed by atoms with Gasteiger partial charge >= 0.3 is 88.7 Å². The van der Waals surface area contributed by atoms with Gasteiger partial charge in [-0.15, -0.1) is 0 Å². The van der Waals surface area contributed by atoms with E-state index in [9.17, 15) is 0 Å². The molecule has 34 valence electrons. The third-order valence-corrected chi connectivity index (χ3v) is 0. The molecule has 4 nitrogen and oxygen atoms in total. The van der Waals surface area contributed by atoms with Crippen molar-refractivity contribution in [1.82, 2.24) is 0 Å². The van der Waals surface area contributed by atoms with Gasteiger partial charge in [0.15, 0.2) is 0 Å². The van der Waals surface area contributed by atoms with Crippen LogP contribution in [0.1, 0.15) is 0 Å². The Morgan fingerprint density at radius 2 is 1.25 bits per heavy atom. The Morgan fingerprint density at radius 1 is 1.25 bits per heavy atom. The Hall–Kier alpha value is 3.11. The third-order valence-electron chi connectivity index (χ3n) is 0. The summed E-state index contributed by atoms with van der Waals surface area (Å²) in [7, 11) is -5.14. The average molecular weight is 166 g/mol. The van der Waals surface area contributed by atoms with Crippen LogP contribution in [0.2, 0.25) is 0 Å². The fourth-order valence-electron chi connectivity index (χ4n) is 0. The maximum absolute atomic E-state index is 8.66. The van der Waals surface area contributed by atoms with Gasteiger partial charge in [-0.05, 0) is 0 Å². The molecule has 0 aliphatic carbocycles. The third kappa shape index (κ3) is 61.9. The van der Waals surface area contributed by atoms with E-state index in [1.807, 2.05) is 0 Å². The summed E-state index contributed by atoms with van der Waals surface area (Å²) in [4.78, 5) is 24.3. The average Bonchev–Trinajstić information content (AvgIpc) is 0.722. The van der Waals surface area contributed by atoms with Gasteiger partial charge in [0, 0.05) is 0 Å². The molecule has 8 heteroatoms. The monoisotopic (exact) mass is 166 g/mol. The molecule has 0 rings (SSSR count). The van der Waals surface area contributed by atoms with E-state index in [0.717, 1.165) is 0 Å². The number of rotatable bonds is 0. The van der Waals surface area contributed by atoms with Gasteiger partial charge in [-0.25, -0.2) is 0 Å². The minimum absolute atomic E-state index is 0. The van der Waals surface area contributed by atoms with Crippen molar-refractivity contribution in [3.8, 4) is 0 Å². The Morgan fingerprint density at radius 3 is 1.25 bits per heavy atom. The zero-order chi connectivity index (χ0) is 4.50. The molecule has 0 aromatic rings. The van der Waals surface area contributed by atoms with Crippen LogP contribution in [-0.4, -0.2) is 34.5 Å². The van der Waals surface area contributed by atoms with Gasteiger partial charge in [-0.2, -0.15) is 0 Å². The molecule has 0 radical (unpaired) electrons. The first-order valence-electron chi connectivity index (χ1n) is 0.748. The van der Waals surface area contributed by atoms with Crippen molar-refractivity contribution in [2.24, 2.45) is 0 Å². The van der Waals surface area contributed by atoms with Crippen LogP contribution in [0.4, 0.5) is 0 Å². The predicted octanol–water partition coefficient (Wildman–Crippen LogP) is -8.83. The van der Waals surface area contributed by atoms with E-state index < -0.39 is 7.82 Å². The molecule has 0 bridgehead atoms. The second-order valence-corrected chi connectivity index (χ2v) is 1.41. The molecule has 0 spiro atoms. The van der Waals surface area contributed by atoms with Crippen LogP contribution in [0.5, 0.6) is 0 Å². The van der Waals surface area contributed by atoms with E-state index in [0.29, 0.717) is 0 Å². The topological polar surface area (TPSA) is 83.4 Å². The molecule has 0 unspecified atom stereocenters. The number of hydrogen-bond acceptors (Lipinski definition) is 3. The van der Waals surface area contributed by atoms with E-state index in [1.165, 1.54) is 0 Å². The van der Waals surface area contributed by atoms with Crippen LogP contribution in [0.3, 0.4) is 0 Å². The summed E-state index contributed by atoms with van der Waals surface area (Å²) in [6.45, 7) is 0. The standard InChI is InChI=1S/3Na.H3O4P.H/c;;;1-5(2,3)4;/h;;;(H3,1,2,3,4);/q;2*+1;;/p-2. The molecule has 8 heavy (non-hydrogen) atoms.